The molecule has 0 aliphatic rings. The lowest BCUT2D eigenvalue weighted by molar-refractivity contribution is -0.145. The van der Waals surface area contributed by atoms with Crippen LogP contribution in [0.4, 0.5) is 4.79 Å². The molecule has 0 saturated heterocycles. The molecule has 0 fully saturated rings. The number of thioether (sulfide) groups is 1. The maximum absolute atomic E-state index is 11.9. The van der Waals surface area contributed by atoms with E-state index in [1.54, 1.807) is 31.5 Å². The highest BCUT2D eigenvalue weighted by atomic mass is 32.2. The Morgan fingerprint density at radius 2 is 2.00 bits per heavy atom. The number of methoxy groups -OCH3 is 1. The minimum absolute atomic E-state index is 0.320. The molecule has 22 heavy (non-hydrogen) atoms. The van der Waals surface area contributed by atoms with Crippen molar-refractivity contribution >= 4 is 23.0 Å². The van der Waals surface area contributed by atoms with Crippen LogP contribution in [0.1, 0.15) is 47.1 Å². The lowest BCUT2D eigenvalue weighted by atomic mass is 10.0. The van der Waals surface area contributed by atoms with Crippen molar-refractivity contribution in [3.05, 3.63) is 12.5 Å². The van der Waals surface area contributed by atoms with E-state index >= 15 is 0 Å². The molecular formula is C15H24N2O4S. The Morgan fingerprint density at radius 1 is 1.36 bits per heavy atom. The van der Waals surface area contributed by atoms with Crippen LogP contribution in [0.25, 0.3) is 0 Å². The number of hydrogen-bond donors (Lipinski definition) is 0. The molecule has 0 aliphatic carbocycles. The van der Waals surface area contributed by atoms with Gasteiger partial charge in [-0.3, -0.25) is 0 Å². The summed E-state index contributed by atoms with van der Waals surface area (Å²) in [5.74, 6) is 0.00776. The lowest BCUT2D eigenvalue weighted by Gasteiger charge is -2.18. The second-order valence-electron chi connectivity index (χ2n) is 6.39. The van der Waals surface area contributed by atoms with E-state index in [-0.39, 0.29) is 5.97 Å². The van der Waals surface area contributed by atoms with Gasteiger partial charge in [-0.2, -0.15) is 0 Å². The van der Waals surface area contributed by atoms with Crippen molar-refractivity contribution in [2.75, 3.05) is 7.11 Å². The number of esters is 1. The van der Waals surface area contributed by atoms with Crippen molar-refractivity contribution < 1.29 is 19.1 Å². The predicted octanol–water partition coefficient (Wildman–Crippen LogP) is 3.67. The molecule has 1 aromatic rings. The van der Waals surface area contributed by atoms with Crippen LogP contribution >= 0.6 is 11.8 Å². The summed E-state index contributed by atoms with van der Waals surface area (Å²) in [5, 5.41) is 0.0723. The van der Waals surface area contributed by atoms with Gasteiger partial charge in [0.25, 0.3) is 0 Å². The van der Waals surface area contributed by atoms with Crippen LogP contribution in [-0.4, -0.2) is 33.5 Å². The van der Waals surface area contributed by atoms with E-state index < -0.39 is 16.9 Å². The SMILES string of the molecule is COC(=O)[C@H](CC(C)C)n1cnc(SC(=O)OC(C)(C)C)c1. The molecule has 0 N–H and O–H groups in total. The molecule has 1 atom stereocenters. The van der Waals surface area contributed by atoms with Crippen LogP contribution in [0.2, 0.25) is 0 Å². The molecule has 1 rings (SSSR count). The van der Waals surface area contributed by atoms with Crippen LogP contribution in [0.15, 0.2) is 17.6 Å². The van der Waals surface area contributed by atoms with Gasteiger partial charge in [-0.1, -0.05) is 13.8 Å². The quantitative estimate of drug-likeness (QED) is 0.606. The van der Waals surface area contributed by atoms with Gasteiger partial charge in [-0.25, -0.2) is 14.6 Å². The molecule has 0 bridgehead atoms. The topological polar surface area (TPSA) is 70.4 Å². The van der Waals surface area contributed by atoms with Crippen molar-refractivity contribution in [2.24, 2.45) is 5.92 Å². The third kappa shape index (κ3) is 6.09. The second kappa shape index (κ2) is 7.67. The van der Waals surface area contributed by atoms with Gasteiger partial charge >= 0.3 is 11.3 Å². The van der Waals surface area contributed by atoms with Gasteiger partial charge in [0.05, 0.1) is 13.4 Å². The minimum atomic E-state index is -0.543. The van der Waals surface area contributed by atoms with Gasteiger partial charge in [0, 0.05) is 18.0 Å². The van der Waals surface area contributed by atoms with E-state index in [9.17, 15) is 9.59 Å². The number of nitrogens with zero attached hydrogens (tertiary/aromatic N) is 2. The van der Waals surface area contributed by atoms with Crippen LogP contribution < -0.4 is 0 Å². The van der Waals surface area contributed by atoms with Crippen molar-refractivity contribution in [2.45, 2.75) is 57.7 Å². The molecule has 0 unspecified atom stereocenters. The van der Waals surface area contributed by atoms with E-state index in [1.165, 1.54) is 13.4 Å². The summed E-state index contributed by atoms with van der Waals surface area (Å²) >= 11 is 0.902. The predicted molar refractivity (Wildman–Crippen MR) is 84.8 cm³/mol. The summed E-state index contributed by atoms with van der Waals surface area (Å²) in [6.45, 7) is 9.48. The highest BCUT2D eigenvalue weighted by molar-refractivity contribution is 8.13. The Hall–Kier alpha value is -1.50. The van der Waals surface area contributed by atoms with Crippen molar-refractivity contribution in [1.82, 2.24) is 9.55 Å². The number of imidazole rings is 1. The maximum atomic E-state index is 11.9. The second-order valence-corrected chi connectivity index (χ2v) is 7.35. The molecule has 0 aromatic carbocycles. The fourth-order valence-corrected chi connectivity index (χ4v) is 2.56. The Bertz CT molecular complexity index is 520. The Kier molecular flexibility index (Phi) is 6.47. The zero-order valence-electron chi connectivity index (χ0n) is 14.0. The van der Waals surface area contributed by atoms with Gasteiger partial charge in [0.2, 0.25) is 0 Å². The molecule has 124 valence electrons. The minimum Gasteiger partial charge on any atom is -0.467 e. The smallest absolute Gasteiger partial charge is 0.374 e. The average molecular weight is 328 g/mol. The fraction of sp³-hybridized carbons (Fsp3) is 0.667. The van der Waals surface area contributed by atoms with Gasteiger partial charge < -0.3 is 14.0 Å². The standard InChI is InChI=1S/C15H24N2O4S/c1-10(2)7-11(13(18)20-6)17-8-12(16-9-17)22-14(19)21-15(3,4)5/h8-11H,7H2,1-6H3/t11-/m0/s1. The van der Waals surface area contributed by atoms with E-state index in [2.05, 4.69) is 4.98 Å². The lowest BCUT2D eigenvalue weighted by Crippen LogP contribution is -2.21. The van der Waals surface area contributed by atoms with Crippen LogP contribution in [-0.2, 0) is 14.3 Å². The van der Waals surface area contributed by atoms with Crippen LogP contribution in [0, 0.1) is 5.92 Å². The van der Waals surface area contributed by atoms with E-state index in [4.69, 9.17) is 9.47 Å². The molecule has 7 heteroatoms. The highest BCUT2D eigenvalue weighted by Crippen LogP contribution is 2.25. The third-order valence-electron chi connectivity index (χ3n) is 2.68. The van der Waals surface area contributed by atoms with Crippen LogP contribution in [0.3, 0.4) is 0 Å². The maximum Gasteiger partial charge on any atom is 0.374 e. The number of carbonyl (C=O) groups excluding carboxylic acids is 2. The number of ether oxygens (including phenoxy) is 2. The first-order valence-corrected chi connectivity index (χ1v) is 7.96. The molecule has 0 aliphatic heterocycles. The van der Waals surface area contributed by atoms with E-state index in [0.717, 1.165) is 11.8 Å². The third-order valence-corrected chi connectivity index (χ3v) is 3.35. The normalized spacial score (nSPS) is 13.0. The molecule has 0 radical (unpaired) electrons. The zero-order chi connectivity index (χ0) is 16.9. The first kappa shape index (κ1) is 18.5. The molecule has 1 aromatic heterocycles. The summed E-state index contributed by atoms with van der Waals surface area (Å²) < 4.78 is 11.7. The summed E-state index contributed by atoms with van der Waals surface area (Å²) in [7, 11) is 1.36. The first-order valence-electron chi connectivity index (χ1n) is 7.14. The van der Waals surface area contributed by atoms with E-state index in [1.807, 2.05) is 13.8 Å². The van der Waals surface area contributed by atoms with Gasteiger partial charge in [-0.15, -0.1) is 0 Å². The van der Waals surface area contributed by atoms with Gasteiger partial charge in [0.15, 0.2) is 0 Å². The van der Waals surface area contributed by atoms with Crippen molar-refractivity contribution in [3.8, 4) is 0 Å². The van der Waals surface area contributed by atoms with Crippen molar-refractivity contribution in [3.63, 3.8) is 0 Å². The largest absolute Gasteiger partial charge is 0.467 e. The van der Waals surface area contributed by atoms with Gasteiger partial charge in [0.1, 0.15) is 16.7 Å². The molecule has 6 nitrogen and oxygen atoms in total. The Morgan fingerprint density at radius 3 is 2.50 bits per heavy atom. The number of aromatic nitrogens is 2. The Labute approximate surface area is 135 Å². The summed E-state index contributed by atoms with van der Waals surface area (Å²) in [6.07, 6.45) is 3.84. The summed E-state index contributed by atoms with van der Waals surface area (Å²) in [6, 6.07) is -0.439. The molecule has 0 amide bonds. The monoisotopic (exact) mass is 328 g/mol. The summed E-state index contributed by atoms with van der Waals surface area (Å²) in [4.78, 5) is 27.8. The average Bonchev–Trinajstić information content (AvgIpc) is 2.80. The van der Waals surface area contributed by atoms with Crippen LogP contribution in [0.5, 0.6) is 0 Å². The first-order chi connectivity index (χ1) is 10.1. The number of carbonyl (C=O) groups is 2. The summed E-state index contributed by atoms with van der Waals surface area (Å²) in [5.41, 5.74) is -0.543. The van der Waals surface area contributed by atoms with E-state index in [0.29, 0.717) is 17.4 Å². The molecule has 0 spiro atoms. The van der Waals surface area contributed by atoms with Crippen molar-refractivity contribution in [1.29, 1.82) is 0 Å². The molecule has 1 heterocycles. The van der Waals surface area contributed by atoms with Gasteiger partial charge in [-0.05, 0) is 33.1 Å². The Balaban J connectivity index is 2.80. The number of hydrogen-bond acceptors (Lipinski definition) is 6. The fourth-order valence-electron chi connectivity index (χ4n) is 1.82. The number of rotatable bonds is 5. The highest BCUT2D eigenvalue weighted by Gasteiger charge is 2.24. The molecular weight excluding hydrogens is 304 g/mol. The molecule has 0 saturated carbocycles. The zero-order valence-corrected chi connectivity index (χ0v) is 14.8.